The van der Waals surface area contributed by atoms with Gasteiger partial charge in [-0.3, -0.25) is 0 Å². The number of hydrogen-bond donors (Lipinski definition) is 2. The maximum atomic E-state index is 12.2. The molecule has 0 amide bonds. The minimum Gasteiger partial charge on any atom is -0.314 e. The molecule has 1 atom stereocenters. The molecule has 1 aliphatic heterocycles. The number of rotatable bonds is 5. The van der Waals surface area contributed by atoms with Crippen LogP contribution < -0.4 is 10.0 Å². The SMILES string of the molecule is CC1(NS(=O)(=O)CCC2CCCCN2)CCCCC1. The molecule has 2 rings (SSSR count). The molecule has 1 saturated carbocycles. The zero-order valence-electron chi connectivity index (χ0n) is 12.1. The molecule has 0 aromatic carbocycles. The monoisotopic (exact) mass is 288 g/mol. The lowest BCUT2D eigenvalue weighted by Crippen LogP contribution is -2.48. The van der Waals surface area contributed by atoms with Crippen molar-refractivity contribution < 1.29 is 8.42 Å². The maximum Gasteiger partial charge on any atom is 0.212 e. The van der Waals surface area contributed by atoms with Crippen molar-refractivity contribution in [1.29, 1.82) is 0 Å². The van der Waals surface area contributed by atoms with Gasteiger partial charge >= 0.3 is 0 Å². The van der Waals surface area contributed by atoms with Crippen molar-refractivity contribution in [3.05, 3.63) is 0 Å². The van der Waals surface area contributed by atoms with Crippen LogP contribution in [-0.2, 0) is 10.0 Å². The summed E-state index contributed by atoms with van der Waals surface area (Å²) in [5.74, 6) is 0.264. The number of sulfonamides is 1. The van der Waals surface area contributed by atoms with Crippen LogP contribution in [0, 0.1) is 0 Å². The van der Waals surface area contributed by atoms with Crippen LogP contribution in [0.15, 0.2) is 0 Å². The molecule has 112 valence electrons. The Hall–Kier alpha value is -0.130. The maximum absolute atomic E-state index is 12.2. The van der Waals surface area contributed by atoms with Gasteiger partial charge in [-0.05, 0) is 45.6 Å². The first-order chi connectivity index (χ1) is 8.99. The van der Waals surface area contributed by atoms with Gasteiger partial charge in [0, 0.05) is 11.6 Å². The smallest absolute Gasteiger partial charge is 0.212 e. The quantitative estimate of drug-likeness (QED) is 0.815. The summed E-state index contributed by atoms with van der Waals surface area (Å²) in [7, 11) is -3.13. The minimum atomic E-state index is -3.13. The van der Waals surface area contributed by atoms with E-state index in [2.05, 4.69) is 17.0 Å². The number of nitrogens with one attached hydrogen (secondary N) is 2. The highest BCUT2D eigenvalue weighted by molar-refractivity contribution is 7.89. The standard InChI is InChI=1S/C14H28N2O2S/c1-14(9-4-2-5-10-14)16-19(17,18)12-8-13-7-3-6-11-15-13/h13,15-16H,2-12H2,1H3. The highest BCUT2D eigenvalue weighted by atomic mass is 32.2. The third kappa shape index (κ3) is 5.04. The molecule has 5 heteroatoms. The minimum absolute atomic E-state index is 0.197. The van der Waals surface area contributed by atoms with Crippen molar-refractivity contribution in [3.63, 3.8) is 0 Å². The lowest BCUT2D eigenvalue weighted by molar-refractivity contribution is 0.293. The van der Waals surface area contributed by atoms with Crippen molar-refractivity contribution in [3.8, 4) is 0 Å². The van der Waals surface area contributed by atoms with Crippen molar-refractivity contribution in [2.75, 3.05) is 12.3 Å². The van der Waals surface area contributed by atoms with E-state index in [9.17, 15) is 8.42 Å². The van der Waals surface area contributed by atoms with Crippen LogP contribution in [0.2, 0.25) is 0 Å². The highest BCUT2D eigenvalue weighted by Crippen LogP contribution is 2.28. The first-order valence-corrected chi connectivity index (χ1v) is 9.39. The second kappa shape index (κ2) is 6.55. The van der Waals surface area contributed by atoms with Gasteiger partial charge in [0.05, 0.1) is 5.75 Å². The van der Waals surface area contributed by atoms with Crippen LogP contribution in [-0.4, -0.2) is 32.3 Å². The van der Waals surface area contributed by atoms with Crippen LogP contribution in [0.25, 0.3) is 0 Å². The number of piperidine rings is 1. The topological polar surface area (TPSA) is 58.2 Å². The van der Waals surface area contributed by atoms with E-state index in [0.29, 0.717) is 6.04 Å². The Labute approximate surface area is 117 Å². The van der Waals surface area contributed by atoms with Gasteiger partial charge < -0.3 is 5.32 Å². The van der Waals surface area contributed by atoms with E-state index in [1.165, 1.54) is 19.3 Å². The van der Waals surface area contributed by atoms with Gasteiger partial charge in [-0.25, -0.2) is 13.1 Å². The molecule has 0 bridgehead atoms. The van der Waals surface area contributed by atoms with E-state index in [4.69, 9.17) is 0 Å². The largest absolute Gasteiger partial charge is 0.314 e. The molecule has 2 fully saturated rings. The van der Waals surface area contributed by atoms with Gasteiger partial charge in [-0.15, -0.1) is 0 Å². The Morgan fingerprint density at radius 2 is 1.89 bits per heavy atom. The second-order valence-corrected chi connectivity index (χ2v) is 8.32. The first kappa shape index (κ1) is 15.3. The molecule has 1 aliphatic carbocycles. The van der Waals surface area contributed by atoms with Crippen molar-refractivity contribution in [2.24, 2.45) is 0 Å². The summed E-state index contributed by atoms with van der Waals surface area (Å²) in [4.78, 5) is 0. The summed E-state index contributed by atoms with van der Waals surface area (Å²) < 4.78 is 27.4. The van der Waals surface area contributed by atoms with Crippen LogP contribution in [0.5, 0.6) is 0 Å². The lowest BCUT2D eigenvalue weighted by Gasteiger charge is -2.34. The average Bonchev–Trinajstić information content (AvgIpc) is 2.37. The molecule has 0 spiro atoms. The molecule has 0 aromatic heterocycles. The molecule has 0 radical (unpaired) electrons. The summed E-state index contributed by atoms with van der Waals surface area (Å²) >= 11 is 0. The fraction of sp³-hybridized carbons (Fsp3) is 1.00. The summed E-state index contributed by atoms with van der Waals surface area (Å²) in [5.41, 5.74) is -0.197. The third-order valence-electron chi connectivity index (χ3n) is 4.51. The normalized spacial score (nSPS) is 28.2. The van der Waals surface area contributed by atoms with Crippen LogP contribution in [0.3, 0.4) is 0 Å². The predicted molar refractivity (Wildman–Crippen MR) is 78.7 cm³/mol. The van der Waals surface area contributed by atoms with Crippen molar-refractivity contribution in [2.45, 2.75) is 76.3 Å². The molecule has 4 nitrogen and oxygen atoms in total. The Kier molecular flexibility index (Phi) is 5.26. The summed E-state index contributed by atoms with van der Waals surface area (Å²) in [6.07, 6.45) is 9.79. The Balaban J connectivity index is 1.80. The second-order valence-electron chi connectivity index (χ2n) is 6.48. The predicted octanol–water partition coefficient (Wildman–Crippen LogP) is 2.16. The van der Waals surface area contributed by atoms with Crippen molar-refractivity contribution in [1.82, 2.24) is 10.0 Å². The molecule has 19 heavy (non-hydrogen) atoms. The van der Waals surface area contributed by atoms with Gasteiger partial charge in [0.1, 0.15) is 0 Å². The van der Waals surface area contributed by atoms with Crippen LogP contribution in [0.1, 0.15) is 64.7 Å². The zero-order chi connectivity index (χ0) is 13.8. The zero-order valence-corrected chi connectivity index (χ0v) is 12.9. The van der Waals surface area contributed by atoms with E-state index in [-0.39, 0.29) is 11.3 Å². The molecular weight excluding hydrogens is 260 g/mol. The van der Waals surface area contributed by atoms with E-state index >= 15 is 0 Å². The van der Waals surface area contributed by atoms with Gasteiger partial charge in [0.2, 0.25) is 10.0 Å². The molecule has 1 saturated heterocycles. The van der Waals surface area contributed by atoms with E-state index < -0.39 is 10.0 Å². The van der Waals surface area contributed by atoms with Crippen LogP contribution >= 0.6 is 0 Å². The Morgan fingerprint density at radius 1 is 1.16 bits per heavy atom. The fourth-order valence-electron chi connectivity index (χ4n) is 3.33. The highest BCUT2D eigenvalue weighted by Gasteiger charge is 2.31. The van der Waals surface area contributed by atoms with E-state index in [0.717, 1.165) is 45.1 Å². The molecule has 1 heterocycles. The van der Waals surface area contributed by atoms with Gasteiger partial charge in [0.25, 0.3) is 0 Å². The molecule has 2 aliphatic rings. The first-order valence-electron chi connectivity index (χ1n) is 7.74. The van der Waals surface area contributed by atoms with Gasteiger partial charge in [-0.1, -0.05) is 25.7 Å². The molecular formula is C14H28N2O2S. The van der Waals surface area contributed by atoms with E-state index in [1.54, 1.807) is 0 Å². The van der Waals surface area contributed by atoms with Crippen molar-refractivity contribution >= 4 is 10.0 Å². The fourth-order valence-corrected chi connectivity index (χ4v) is 4.98. The average molecular weight is 288 g/mol. The lowest BCUT2D eigenvalue weighted by atomic mass is 9.84. The van der Waals surface area contributed by atoms with Crippen LogP contribution in [0.4, 0.5) is 0 Å². The summed E-state index contributed by atoms with van der Waals surface area (Å²) in [5, 5.41) is 3.41. The summed E-state index contributed by atoms with van der Waals surface area (Å²) in [6.45, 7) is 3.10. The molecule has 2 N–H and O–H groups in total. The van der Waals surface area contributed by atoms with Gasteiger partial charge in [0.15, 0.2) is 0 Å². The van der Waals surface area contributed by atoms with Gasteiger partial charge in [-0.2, -0.15) is 0 Å². The Bertz CT molecular complexity index is 369. The van der Waals surface area contributed by atoms with E-state index in [1.807, 2.05) is 0 Å². The summed E-state index contributed by atoms with van der Waals surface area (Å²) in [6, 6.07) is 0.393. The number of hydrogen-bond acceptors (Lipinski definition) is 3. The molecule has 0 aromatic rings. The molecule has 1 unspecified atom stereocenters. The third-order valence-corrected chi connectivity index (χ3v) is 6.08. The Morgan fingerprint density at radius 3 is 2.53 bits per heavy atom.